The molecule has 1 fully saturated rings. The monoisotopic (exact) mass is 287 g/mol. The molecular formula is C16H21N3O2. The third kappa shape index (κ3) is 4.08. The minimum absolute atomic E-state index is 0.0938. The lowest BCUT2D eigenvalue weighted by Gasteiger charge is -2.35. The van der Waals surface area contributed by atoms with Crippen LogP contribution in [0.2, 0.25) is 0 Å². The van der Waals surface area contributed by atoms with Crippen molar-refractivity contribution in [2.75, 3.05) is 11.9 Å². The van der Waals surface area contributed by atoms with Crippen LogP contribution in [0, 0.1) is 0 Å². The second kappa shape index (κ2) is 6.92. The van der Waals surface area contributed by atoms with Crippen LogP contribution in [-0.2, 0) is 4.79 Å². The van der Waals surface area contributed by atoms with Crippen molar-refractivity contribution in [3.63, 3.8) is 0 Å². The van der Waals surface area contributed by atoms with Gasteiger partial charge in [0.2, 0.25) is 5.91 Å². The second-order valence-corrected chi connectivity index (χ2v) is 5.27. The molecule has 1 aromatic carbocycles. The number of primary amides is 1. The lowest BCUT2D eigenvalue weighted by molar-refractivity contribution is -0.119. The minimum Gasteiger partial charge on any atom is -0.370 e. The zero-order valence-electron chi connectivity index (χ0n) is 12.0. The lowest BCUT2D eigenvalue weighted by atomic mass is 9.99. The minimum atomic E-state index is -0.366. The van der Waals surface area contributed by atoms with E-state index < -0.39 is 0 Å². The molecule has 1 aliphatic heterocycles. The number of amides is 3. The first-order valence-corrected chi connectivity index (χ1v) is 7.18. The van der Waals surface area contributed by atoms with E-state index in [9.17, 15) is 9.59 Å². The molecule has 1 saturated heterocycles. The predicted octanol–water partition coefficient (Wildman–Crippen LogP) is 2.59. The Labute approximate surface area is 124 Å². The number of nitrogens with zero attached hydrogens (tertiary/aromatic N) is 1. The summed E-state index contributed by atoms with van der Waals surface area (Å²) in [6.45, 7) is 4.35. The van der Waals surface area contributed by atoms with E-state index >= 15 is 0 Å². The predicted molar refractivity (Wildman–Crippen MR) is 83.7 cm³/mol. The number of rotatable bonds is 4. The lowest BCUT2D eigenvalue weighted by Crippen LogP contribution is -2.47. The Kier molecular flexibility index (Phi) is 4.98. The van der Waals surface area contributed by atoms with Gasteiger partial charge in [0.25, 0.3) is 0 Å². The molecule has 21 heavy (non-hydrogen) atoms. The molecule has 1 aromatic rings. The molecule has 5 nitrogen and oxygen atoms in total. The number of hydrogen-bond donors (Lipinski definition) is 2. The summed E-state index contributed by atoms with van der Waals surface area (Å²) in [5, 5.41) is 2.87. The van der Waals surface area contributed by atoms with Gasteiger partial charge < -0.3 is 16.0 Å². The van der Waals surface area contributed by atoms with Crippen LogP contribution in [0.25, 0.3) is 6.08 Å². The Balaban J connectivity index is 2.02. The maximum Gasteiger partial charge on any atom is 0.322 e. The molecule has 0 spiro atoms. The number of nitrogens with one attached hydrogen (secondary N) is 1. The summed E-state index contributed by atoms with van der Waals surface area (Å²) in [5.41, 5.74) is 6.99. The number of anilines is 1. The second-order valence-electron chi connectivity index (χ2n) is 5.27. The van der Waals surface area contributed by atoms with E-state index in [4.69, 9.17) is 5.73 Å². The third-order valence-corrected chi connectivity index (χ3v) is 3.72. The molecule has 3 amide bonds. The summed E-state index contributed by atoms with van der Waals surface area (Å²) in [6, 6.07) is 7.18. The zero-order valence-corrected chi connectivity index (χ0v) is 12.0. The van der Waals surface area contributed by atoms with Crippen LogP contribution < -0.4 is 11.1 Å². The van der Waals surface area contributed by atoms with Crippen molar-refractivity contribution in [1.82, 2.24) is 4.90 Å². The fraction of sp³-hybridized carbons (Fsp3) is 0.375. The number of carbonyl (C=O) groups excluding carboxylic acids is 2. The molecule has 2 rings (SSSR count). The highest BCUT2D eigenvalue weighted by Gasteiger charge is 2.27. The van der Waals surface area contributed by atoms with Crippen LogP contribution in [0.5, 0.6) is 0 Å². The Hall–Kier alpha value is -2.30. The number of nitrogens with two attached hydrogens (primary N) is 1. The van der Waals surface area contributed by atoms with Gasteiger partial charge in [0.05, 0.1) is 0 Å². The normalized spacial score (nSPS) is 18.1. The van der Waals surface area contributed by atoms with Gasteiger partial charge in [-0.05, 0) is 37.0 Å². The van der Waals surface area contributed by atoms with Gasteiger partial charge in [-0.15, -0.1) is 0 Å². The highest BCUT2D eigenvalue weighted by molar-refractivity contribution is 5.90. The van der Waals surface area contributed by atoms with Crippen LogP contribution in [0.15, 0.2) is 30.8 Å². The van der Waals surface area contributed by atoms with Crippen LogP contribution in [0.1, 0.15) is 31.2 Å². The van der Waals surface area contributed by atoms with E-state index in [1.807, 2.05) is 24.3 Å². The molecular weight excluding hydrogens is 266 g/mol. The summed E-state index contributed by atoms with van der Waals surface area (Å²) in [5.74, 6) is -0.366. The first-order valence-electron chi connectivity index (χ1n) is 7.18. The molecule has 0 aliphatic carbocycles. The fourth-order valence-corrected chi connectivity index (χ4v) is 2.61. The van der Waals surface area contributed by atoms with Gasteiger partial charge in [0.1, 0.15) is 0 Å². The van der Waals surface area contributed by atoms with E-state index in [0.717, 1.165) is 30.5 Å². The summed E-state index contributed by atoms with van der Waals surface area (Å²) in [6.07, 6.45) is 4.78. The van der Waals surface area contributed by atoms with E-state index in [1.54, 1.807) is 11.0 Å². The topological polar surface area (TPSA) is 75.4 Å². The number of benzene rings is 1. The Morgan fingerprint density at radius 3 is 2.67 bits per heavy atom. The van der Waals surface area contributed by atoms with Gasteiger partial charge in [-0.2, -0.15) is 0 Å². The van der Waals surface area contributed by atoms with E-state index in [1.165, 1.54) is 0 Å². The Morgan fingerprint density at radius 1 is 1.33 bits per heavy atom. The molecule has 1 heterocycles. The summed E-state index contributed by atoms with van der Waals surface area (Å²) in [4.78, 5) is 25.2. The smallest absolute Gasteiger partial charge is 0.322 e. The average molecular weight is 287 g/mol. The van der Waals surface area contributed by atoms with Crippen molar-refractivity contribution >= 4 is 23.7 Å². The number of piperidine rings is 1. The average Bonchev–Trinajstić information content (AvgIpc) is 2.48. The van der Waals surface area contributed by atoms with Gasteiger partial charge in [-0.25, -0.2) is 4.79 Å². The molecule has 112 valence electrons. The molecule has 3 N–H and O–H groups in total. The van der Waals surface area contributed by atoms with Crippen molar-refractivity contribution in [3.05, 3.63) is 36.4 Å². The van der Waals surface area contributed by atoms with Crippen molar-refractivity contribution in [2.45, 2.75) is 31.7 Å². The number of urea groups is 1. The fourth-order valence-electron chi connectivity index (χ4n) is 2.61. The zero-order chi connectivity index (χ0) is 15.2. The largest absolute Gasteiger partial charge is 0.370 e. The molecule has 0 aromatic heterocycles. The van der Waals surface area contributed by atoms with Gasteiger partial charge in [0, 0.05) is 24.7 Å². The SMILES string of the molecule is C=Cc1ccc(NC(=O)N2CCCC[C@@H]2CC(N)=O)cc1. The van der Waals surface area contributed by atoms with E-state index in [0.29, 0.717) is 6.54 Å². The van der Waals surface area contributed by atoms with E-state index in [2.05, 4.69) is 11.9 Å². The van der Waals surface area contributed by atoms with Crippen molar-refractivity contribution in [1.29, 1.82) is 0 Å². The Bertz CT molecular complexity index is 525. The van der Waals surface area contributed by atoms with Crippen LogP contribution in [0.3, 0.4) is 0 Å². The molecule has 0 bridgehead atoms. The van der Waals surface area contributed by atoms with Crippen molar-refractivity contribution in [2.24, 2.45) is 5.73 Å². The first-order chi connectivity index (χ1) is 10.1. The molecule has 5 heteroatoms. The first kappa shape index (κ1) is 15.1. The molecule has 0 radical (unpaired) electrons. The molecule has 1 aliphatic rings. The maximum absolute atomic E-state index is 12.4. The van der Waals surface area contributed by atoms with Crippen LogP contribution in [-0.4, -0.2) is 29.4 Å². The maximum atomic E-state index is 12.4. The van der Waals surface area contributed by atoms with Crippen LogP contribution in [0.4, 0.5) is 10.5 Å². The van der Waals surface area contributed by atoms with E-state index in [-0.39, 0.29) is 24.4 Å². The summed E-state index contributed by atoms with van der Waals surface area (Å²) < 4.78 is 0. The quantitative estimate of drug-likeness (QED) is 0.893. The number of likely N-dealkylation sites (tertiary alicyclic amines) is 1. The number of hydrogen-bond acceptors (Lipinski definition) is 2. The van der Waals surface area contributed by atoms with Gasteiger partial charge >= 0.3 is 6.03 Å². The highest BCUT2D eigenvalue weighted by atomic mass is 16.2. The van der Waals surface area contributed by atoms with Crippen molar-refractivity contribution in [3.8, 4) is 0 Å². The number of carbonyl (C=O) groups is 2. The van der Waals surface area contributed by atoms with Crippen molar-refractivity contribution < 1.29 is 9.59 Å². The standard InChI is InChI=1S/C16H21N3O2/c1-2-12-6-8-13(9-7-12)18-16(21)19-10-4-3-5-14(19)11-15(17)20/h2,6-9,14H,1,3-5,10-11H2,(H2,17,20)(H,18,21)/t14-/m1/s1. The van der Waals surface area contributed by atoms with Gasteiger partial charge in [0.15, 0.2) is 0 Å². The molecule has 0 unspecified atom stereocenters. The molecule has 1 atom stereocenters. The summed E-state index contributed by atoms with van der Waals surface area (Å²) in [7, 11) is 0. The highest BCUT2D eigenvalue weighted by Crippen LogP contribution is 2.21. The van der Waals surface area contributed by atoms with Gasteiger partial charge in [-0.3, -0.25) is 4.79 Å². The molecule has 0 saturated carbocycles. The van der Waals surface area contributed by atoms with Crippen LogP contribution >= 0.6 is 0 Å². The third-order valence-electron chi connectivity index (χ3n) is 3.72. The summed E-state index contributed by atoms with van der Waals surface area (Å²) >= 11 is 0. The van der Waals surface area contributed by atoms with Gasteiger partial charge in [-0.1, -0.05) is 24.8 Å². The Morgan fingerprint density at radius 2 is 2.05 bits per heavy atom.